The highest BCUT2D eigenvalue weighted by Crippen LogP contribution is 2.38. The van der Waals surface area contributed by atoms with Crippen molar-refractivity contribution in [2.45, 2.75) is 23.9 Å². The minimum Gasteiger partial charge on any atom is -0.349 e. The molecule has 154 valence electrons. The molecule has 31 heavy (non-hydrogen) atoms. The van der Waals surface area contributed by atoms with Crippen LogP contribution in [-0.2, 0) is 12.8 Å². The standard InChI is InChI=1S/C27H24N2OS/c30-26-19(16-31-27-24(26)22-11-5-6-12-23(22)29-27)15-28-25-20-9-3-1-7-17(20)13-14-18-8-2-4-10-21(18)25/h1-12,19,25,28-29H,13-16H2. The molecule has 0 radical (unpaired) electrons. The number of para-hydroxylation sites is 1. The van der Waals surface area contributed by atoms with Gasteiger partial charge in [0.15, 0.2) is 5.78 Å². The fourth-order valence-electron chi connectivity index (χ4n) is 5.09. The first-order valence-electron chi connectivity index (χ1n) is 11.0. The minimum absolute atomic E-state index is 0.0284. The van der Waals surface area contributed by atoms with Crippen molar-refractivity contribution in [3.05, 3.63) is 101 Å². The Morgan fingerprint density at radius 3 is 2.26 bits per heavy atom. The van der Waals surface area contributed by atoms with Gasteiger partial charge < -0.3 is 10.3 Å². The second kappa shape index (κ2) is 7.70. The van der Waals surface area contributed by atoms with E-state index in [9.17, 15) is 4.79 Å². The number of benzene rings is 3. The van der Waals surface area contributed by atoms with Gasteiger partial charge in [0.1, 0.15) is 0 Å². The SMILES string of the molecule is O=C1c2c([nH]c3ccccc23)SCC1CNC1c2ccccc2CCc2ccccc21. The van der Waals surface area contributed by atoms with E-state index in [2.05, 4.69) is 64.9 Å². The van der Waals surface area contributed by atoms with Gasteiger partial charge in [-0.25, -0.2) is 0 Å². The largest absolute Gasteiger partial charge is 0.349 e. The summed E-state index contributed by atoms with van der Waals surface area (Å²) in [5, 5.41) is 5.87. The number of aromatic nitrogens is 1. The summed E-state index contributed by atoms with van der Waals surface area (Å²) in [5.41, 5.74) is 7.42. The number of carbonyl (C=O) groups excluding carboxylic acids is 1. The Hall–Kier alpha value is -2.82. The normalized spacial score (nSPS) is 18.3. The van der Waals surface area contributed by atoms with E-state index in [0.717, 1.165) is 40.1 Å². The topological polar surface area (TPSA) is 44.9 Å². The van der Waals surface area contributed by atoms with Crippen LogP contribution in [-0.4, -0.2) is 23.1 Å². The summed E-state index contributed by atoms with van der Waals surface area (Å²) in [6.45, 7) is 0.679. The average molecular weight is 425 g/mol. The Labute approximate surface area is 186 Å². The Balaban J connectivity index is 1.31. The van der Waals surface area contributed by atoms with Crippen molar-refractivity contribution in [2.24, 2.45) is 5.92 Å². The summed E-state index contributed by atoms with van der Waals surface area (Å²) in [7, 11) is 0. The maximum absolute atomic E-state index is 13.5. The first-order valence-corrected chi connectivity index (χ1v) is 11.9. The zero-order valence-electron chi connectivity index (χ0n) is 17.2. The molecule has 1 aromatic heterocycles. The van der Waals surface area contributed by atoms with Crippen LogP contribution >= 0.6 is 11.8 Å². The number of rotatable bonds is 3. The van der Waals surface area contributed by atoms with Crippen LogP contribution < -0.4 is 5.32 Å². The van der Waals surface area contributed by atoms with E-state index in [0.29, 0.717) is 6.54 Å². The quantitative estimate of drug-likeness (QED) is 0.453. The predicted molar refractivity (Wildman–Crippen MR) is 127 cm³/mol. The number of hydrogen-bond donors (Lipinski definition) is 2. The van der Waals surface area contributed by atoms with Crippen molar-refractivity contribution in [3.63, 3.8) is 0 Å². The molecule has 0 amide bonds. The zero-order chi connectivity index (χ0) is 20.8. The van der Waals surface area contributed by atoms with Crippen LogP contribution in [0.15, 0.2) is 77.8 Å². The summed E-state index contributed by atoms with van der Waals surface area (Å²) in [6, 6.07) is 25.7. The number of Topliss-reactive ketones (excluding diaryl/α,β-unsaturated/α-hetero) is 1. The number of ketones is 1. The van der Waals surface area contributed by atoms with Gasteiger partial charge in [0, 0.05) is 29.1 Å². The Morgan fingerprint density at radius 2 is 1.52 bits per heavy atom. The van der Waals surface area contributed by atoms with Gasteiger partial charge in [0.2, 0.25) is 0 Å². The van der Waals surface area contributed by atoms with Gasteiger partial charge in [-0.2, -0.15) is 0 Å². The lowest BCUT2D eigenvalue weighted by molar-refractivity contribution is 0.0926. The third-order valence-corrected chi connectivity index (χ3v) is 7.85. The second-order valence-electron chi connectivity index (χ2n) is 8.49. The number of carbonyl (C=O) groups is 1. The number of aryl methyl sites for hydroxylation is 2. The second-order valence-corrected chi connectivity index (χ2v) is 9.52. The van der Waals surface area contributed by atoms with Crippen LogP contribution in [0.2, 0.25) is 0 Å². The van der Waals surface area contributed by atoms with Crippen LogP contribution in [0.1, 0.15) is 38.7 Å². The minimum atomic E-state index is -0.0284. The Morgan fingerprint density at radius 1 is 0.871 bits per heavy atom. The van der Waals surface area contributed by atoms with Gasteiger partial charge in [0.25, 0.3) is 0 Å². The zero-order valence-corrected chi connectivity index (χ0v) is 18.0. The van der Waals surface area contributed by atoms with E-state index in [1.165, 1.54) is 22.3 Å². The van der Waals surface area contributed by atoms with Gasteiger partial charge in [0.05, 0.1) is 16.6 Å². The third kappa shape index (κ3) is 3.22. The highest BCUT2D eigenvalue weighted by molar-refractivity contribution is 7.99. The molecule has 2 N–H and O–H groups in total. The highest BCUT2D eigenvalue weighted by Gasteiger charge is 2.32. The van der Waals surface area contributed by atoms with Crippen LogP contribution in [0.3, 0.4) is 0 Å². The van der Waals surface area contributed by atoms with Crippen LogP contribution in [0, 0.1) is 5.92 Å². The van der Waals surface area contributed by atoms with Gasteiger partial charge >= 0.3 is 0 Å². The molecule has 2 heterocycles. The summed E-state index contributed by atoms with van der Waals surface area (Å²) in [4.78, 5) is 16.9. The summed E-state index contributed by atoms with van der Waals surface area (Å²) >= 11 is 1.77. The molecule has 2 aliphatic rings. The van der Waals surface area contributed by atoms with Gasteiger partial charge in [-0.3, -0.25) is 4.79 Å². The average Bonchev–Trinajstić information content (AvgIpc) is 3.11. The monoisotopic (exact) mass is 424 g/mol. The smallest absolute Gasteiger partial charge is 0.171 e. The first-order chi connectivity index (χ1) is 15.3. The maximum Gasteiger partial charge on any atom is 0.171 e. The molecule has 1 atom stereocenters. The lowest BCUT2D eigenvalue weighted by atomic mass is 9.93. The van der Waals surface area contributed by atoms with Crippen molar-refractivity contribution < 1.29 is 4.79 Å². The van der Waals surface area contributed by atoms with Crippen LogP contribution in [0.5, 0.6) is 0 Å². The maximum atomic E-state index is 13.5. The predicted octanol–water partition coefficient (Wildman–Crippen LogP) is 5.55. The molecule has 4 heteroatoms. The number of fused-ring (bicyclic) bond motifs is 5. The highest BCUT2D eigenvalue weighted by atomic mass is 32.2. The fraction of sp³-hybridized carbons (Fsp3) is 0.222. The lowest BCUT2D eigenvalue weighted by Crippen LogP contribution is -2.35. The Kier molecular flexibility index (Phi) is 4.70. The number of nitrogens with one attached hydrogen (secondary N) is 2. The molecule has 1 aliphatic heterocycles. The van der Waals surface area contributed by atoms with E-state index in [-0.39, 0.29) is 17.7 Å². The molecule has 3 aromatic carbocycles. The van der Waals surface area contributed by atoms with Crippen molar-refractivity contribution in [1.29, 1.82) is 0 Å². The molecule has 0 fully saturated rings. The summed E-state index contributed by atoms with van der Waals surface area (Å²) in [6.07, 6.45) is 2.12. The van der Waals surface area contributed by atoms with E-state index in [4.69, 9.17) is 0 Å². The lowest BCUT2D eigenvalue weighted by Gasteiger charge is -2.26. The van der Waals surface area contributed by atoms with Crippen molar-refractivity contribution in [3.8, 4) is 0 Å². The molecule has 6 rings (SSSR count). The van der Waals surface area contributed by atoms with E-state index in [1.54, 1.807) is 11.8 Å². The number of H-pyrrole nitrogens is 1. The third-order valence-electron chi connectivity index (χ3n) is 6.68. The van der Waals surface area contributed by atoms with Gasteiger partial charge in [-0.1, -0.05) is 66.7 Å². The van der Waals surface area contributed by atoms with Gasteiger partial charge in [-0.05, 0) is 41.2 Å². The molecular formula is C27H24N2OS. The van der Waals surface area contributed by atoms with E-state index >= 15 is 0 Å². The molecule has 0 saturated carbocycles. The van der Waals surface area contributed by atoms with Crippen LogP contribution in [0.4, 0.5) is 0 Å². The van der Waals surface area contributed by atoms with E-state index in [1.807, 2.05) is 18.2 Å². The number of thioether (sulfide) groups is 1. The Bertz CT molecular complexity index is 1240. The number of aromatic amines is 1. The van der Waals surface area contributed by atoms with E-state index < -0.39 is 0 Å². The summed E-state index contributed by atoms with van der Waals surface area (Å²) < 4.78 is 0. The molecule has 0 bridgehead atoms. The molecule has 1 aliphatic carbocycles. The molecule has 1 unspecified atom stereocenters. The van der Waals surface area contributed by atoms with Crippen molar-refractivity contribution in [1.82, 2.24) is 10.3 Å². The fourth-order valence-corrected chi connectivity index (χ4v) is 6.26. The molecule has 0 saturated heterocycles. The summed E-state index contributed by atoms with van der Waals surface area (Å²) in [5.74, 6) is 1.04. The van der Waals surface area contributed by atoms with Gasteiger partial charge in [-0.15, -0.1) is 11.8 Å². The van der Waals surface area contributed by atoms with Crippen molar-refractivity contribution in [2.75, 3.05) is 12.3 Å². The molecule has 0 spiro atoms. The van der Waals surface area contributed by atoms with Crippen LogP contribution in [0.25, 0.3) is 10.9 Å². The molecular weight excluding hydrogens is 400 g/mol. The first kappa shape index (κ1) is 18.9. The molecule has 4 aromatic rings. The van der Waals surface area contributed by atoms with Crippen molar-refractivity contribution >= 4 is 28.4 Å². The molecule has 3 nitrogen and oxygen atoms in total. The number of hydrogen-bond acceptors (Lipinski definition) is 3.